The van der Waals surface area contributed by atoms with Crippen LogP contribution in [0.25, 0.3) is 0 Å². The number of hydrogen-bond donors (Lipinski definition) is 2. The molecule has 0 bridgehead atoms. The molecule has 6 nitrogen and oxygen atoms in total. The molecule has 1 aromatic carbocycles. The zero-order valence-corrected chi connectivity index (χ0v) is 21.4. The maximum atomic E-state index is 5.47. The van der Waals surface area contributed by atoms with E-state index < -0.39 is 0 Å². The minimum atomic E-state index is 0. The van der Waals surface area contributed by atoms with Crippen molar-refractivity contribution in [1.29, 1.82) is 0 Å². The van der Waals surface area contributed by atoms with Crippen LogP contribution >= 0.6 is 24.0 Å². The fourth-order valence-electron chi connectivity index (χ4n) is 4.12. The molecule has 2 aliphatic heterocycles. The molecule has 2 N–H and O–H groups in total. The Morgan fingerprint density at radius 2 is 1.83 bits per heavy atom. The van der Waals surface area contributed by atoms with Crippen LogP contribution in [-0.4, -0.2) is 79.8 Å². The van der Waals surface area contributed by atoms with Gasteiger partial charge in [-0.05, 0) is 45.2 Å². The average Bonchev–Trinajstić information content (AvgIpc) is 2.75. The highest BCUT2D eigenvalue weighted by atomic mass is 127. The van der Waals surface area contributed by atoms with Crippen molar-refractivity contribution in [2.24, 2.45) is 4.99 Å². The molecule has 170 valence electrons. The van der Waals surface area contributed by atoms with Crippen LogP contribution in [0.2, 0.25) is 0 Å². The van der Waals surface area contributed by atoms with Gasteiger partial charge in [-0.2, -0.15) is 0 Å². The van der Waals surface area contributed by atoms with Gasteiger partial charge < -0.3 is 15.4 Å². The van der Waals surface area contributed by atoms with Crippen molar-refractivity contribution in [3.63, 3.8) is 0 Å². The number of ether oxygens (including phenoxy) is 1. The average molecular weight is 530 g/mol. The number of rotatable bonds is 7. The highest BCUT2D eigenvalue weighted by Crippen LogP contribution is 2.25. The number of fused-ring (bicyclic) bond motifs is 1. The molecule has 0 aliphatic carbocycles. The smallest absolute Gasteiger partial charge is 0.191 e. The third-order valence-corrected chi connectivity index (χ3v) is 6.19. The van der Waals surface area contributed by atoms with Crippen LogP contribution in [0, 0.1) is 0 Å². The van der Waals surface area contributed by atoms with E-state index in [1.54, 1.807) is 0 Å². The summed E-state index contributed by atoms with van der Waals surface area (Å²) in [5.41, 5.74) is 2.97. The molecule has 2 aliphatic rings. The predicted octanol–water partition coefficient (Wildman–Crippen LogP) is 2.72. The van der Waals surface area contributed by atoms with Crippen molar-refractivity contribution in [2.75, 3.05) is 52.5 Å². The van der Waals surface area contributed by atoms with Gasteiger partial charge in [-0.15, -0.1) is 24.0 Å². The van der Waals surface area contributed by atoms with Gasteiger partial charge in [0.1, 0.15) is 0 Å². The number of guanidine groups is 1. The quantitative estimate of drug-likeness (QED) is 0.323. The molecule has 0 radical (unpaired) electrons. The molecule has 2 heterocycles. The van der Waals surface area contributed by atoms with E-state index in [0.717, 1.165) is 71.4 Å². The van der Waals surface area contributed by atoms with E-state index in [4.69, 9.17) is 9.73 Å². The lowest BCUT2D eigenvalue weighted by Gasteiger charge is -2.41. The SMILES string of the molecule is CCNC(=NCC(C)(C)N1CCc2ccccc2C1)NCC(C)N1CCOCC1.I. The van der Waals surface area contributed by atoms with Gasteiger partial charge in [0.05, 0.1) is 19.8 Å². The highest BCUT2D eigenvalue weighted by molar-refractivity contribution is 14.0. The fraction of sp³-hybridized carbons (Fsp3) is 0.696. The number of hydrogen-bond acceptors (Lipinski definition) is 4. The second-order valence-electron chi connectivity index (χ2n) is 8.83. The van der Waals surface area contributed by atoms with E-state index in [-0.39, 0.29) is 29.5 Å². The maximum absolute atomic E-state index is 5.47. The van der Waals surface area contributed by atoms with E-state index in [2.05, 4.69) is 72.4 Å². The number of aliphatic imine (C=N–C) groups is 1. The van der Waals surface area contributed by atoms with Gasteiger partial charge in [-0.1, -0.05) is 24.3 Å². The Labute approximate surface area is 199 Å². The Kier molecular flexibility index (Phi) is 10.3. The number of nitrogens with one attached hydrogen (secondary N) is 2. The molecule has 7 heteroatoms. The molecule has 0 amide bonds. The van der Waals surface area contributed by atoms with Crippen molar-refractivity contribution >= 4 is 29.9 Å². The van der Waals surface area contributed by atoms with Gasteiger partial charge >= 0.3 is 0 Å². The molecule has 1 saturated heterocycles. The Hall–Kier alpha value is -0.900. The van der Waals surface area contributed by atoms with E-state index in [1.807, 2.05) is 0 Å². The second kappa shape index (κ2) is 12.2. The molecule has 1 atom stereocenters. The maximum Gasteiger partial charge on any atom is 0.191 e. The third kappa shape index (κ3) is 7.07. The molecule has 30 heavy (non-hydrogen) atoms. The molecule has 1 fully saturated rings. The van der Waals surface area contributed by atoms with Crippen molar-refractivity contribution in [1.82, 2.24) is 20.4 Å². The zero-order chi connectivity index (χ0) is 20.7. The van der Waals surface area contributed by atoms with Crippen LogP contribution in [0.15, 0.2) is 29.3 Å². The first-order valence-corrected chi connectivity index (χ1v) is 11.2. The number of nitrogens with zero attached hydrogens (tertiary/aromatic N) is 3. The summed E-state index contributed by atoms with van der Waals surface area (Å²) < 4.78 is 5.47. The minimum absolute atomic E-state index is 0. The monoisotopic (exact) mass is 529 g/mol. The molecule has 0 saturated carbocycles. The first kappa shape index (κ1) is 25.4. The van der Waals surface area contributed by atoms with Crippen molar-refractivity contribution in [3.05, 3.63) is 35.4 Å². The van der Waals surface area contributed by atoms with Crippen LogP contribution in [0.1, 0.15) is 38.8 Å². The Balaban J connectivity index is 0.00000320. The molecular weight excluding hydrogens is 489 g/mol. The number of halogens is 1. The lowest BCUT2D eigenvalue weighted by molar-refractivity contribution is 0.0211. The summed E-state index contributed by atoms with van der Waals surface area (Å²) in [6, 6.07) is 9.29. The van der Waals surface area contributed by atoms with E-state index in [0.29, 0.717) is 6.04 Å². The summed E-state index contributed by atoms with van der Waals surface area (Å²) in [5, 5.41) is 6.96. The zero-order valence-electron chi connectivity index (χ0n) is 19.1. The first-order valence-electron chi connectivity index (χ1n) is 11.2. The van der Waals surface area contributed by atoms with Crippen LogP contribution in [0.4, 0.5) is 0 Å². The topological polar surface area (TPSA) is 52.1 Å². The molecule has 0 spiro atoms. The Morgan fingerprint density at radius 1 is 1.13 bits per heavy atom. The van der Waals surface area contributed by atoms with Crippen molar-refractivity contribution in [2.45, 2.75) is 52.2 Å². The Morgan fingerprint density at radius 3 is 2.53 bits per heavy atom. The molecular formula is C23H40IN5O. The molecule has 0 aromatic heterocycles. The minimum Gasteiger partial charge on any atom is -0.379 e. The lowest BCUT2D eigenvalue weighted by Crippen LogP contribution is -2.51. The summed E-state index contributed by atoms with van der Waals surface area (Å²) in [7, 11) is 0. The summed E-state index contributed by atoms with van der Waals surface area (Å²) >= 11 is 0. The van der Waals surface area contributed by atoms with E-state index in [9.17, 15) is 0 Å². The predicted molar refractivity (Wildman–Crippen MR) is 136 cm³/mol. The van der Waals surface area contributed by atoms with Gasteiger partial charge in [0.2, 0.25) is 0 Å². The normalized spacial score (nSPS) is 19.5. The summed E-state index contributed by atoms with van der Waals surface area (Å²) in [5.74, 6) is 0.915. The van der Waals surface area contributed by atoms with Crippen LogP contribution in [0.3, 0.4) is 0 Å². The van der Waals surface area contributed by atoms with Gasteiger partial charge in [0.25, 0.3) is 0 Å². The standard InChI is InChI=1S/C23H39N5O.HI/c1-5-24-22(25-16-19(2)27-12-14-29-15-13-27)26-18-23(3,4)28-11-10-20-8-6-7-9-21(20)17-28;/h6-9,19H,5,10-18H2,1-4H3,(H2,24,25,26);1H. The molecule has 1 unspecified atom stereocenters. The van der Waals surface area contributed by atoms with E-state index >= 15 is 0 Å². The number of morpholine rings is 1. The molecule has 3 rings (SSSR count). The van der Waals surface area contributed by atoms with Gasteiger partial charge in [-0.3, -0.25) is 14.8 Å². The summed E-state index contributed by atoms with van der Waals surface area (Å²) in [6.45, 7) is 17.4. The summed E-state index contributed by atoms with van der Waals surface area (Å²) in [4.78, 5) is 9.99. The second-order valence-corrected chi connectivity index (χ2v) is 8.83. The van der Waals surface area contributed by atoms with Crippen LogP contribution in [-0.2, 0) is 17.7 Å². The Bertz CT molecular complexity index is 675. The fourth-order valence-corrected chi connectivity index (χ4v) is 4.12. The van der Waals surface area contributed by atoms with Crippen LogP contribution in [0.5, 0.6) is 0 Å². The highest BCUT2D eigenvalue weighted by Gasteiger charge is 2.29. The number of benzene rings is 1. The van der Waals surface area contributed by atoms with Crippen LogP contribution < -0.4 is 10.6 Å². The largest absolute Gasteiger partial charge is 0.379 e. The summed E-state index contributed by atoms with van der Waals surface area (Å²) in [6.07, 6.45) is 1.12. The first-order chi connectivity index (χ1) is 14.0. The lowest BCUT2D eigenvalue weighted by atomic mass is 9.94. The van der Waals surface area contributed by atoms with Crippen molar-refractivity contribution in [3.8, 4) is 0 Å². The van der Waals surface area contributed by atoms with Gasteiger partial charge in [0.15, 0.2) is 5.96 Å². The van der Waals surface area contributed by atoms with Gasteiger partial charge in [-0.25, -0.2) is 0 Å². The van der Waals surface area contributed by atoms with Crippen molar-refractivity contribution < 1.29 is 4.74 Å². The van der Waals surface area contributed by atoms with Gasteiger partial charge in [0, 0.05) is 50.8 Å². The van der Waals surface area contributed by atoms with E-state index in [1.165, 1.54) is 11.1 Å². The molecule has 1 aromatic rings. The third-order valence-electron chi connectivity index (χ3n) is 6.19.